The molecule has 8 nitrogen and oxygen atoms in total. The molecule has 118 valence electrons. The van der Waals surface area contributed by atoms with Crippen LogP contribution in [0.3, 0.4) is 0 Å². The van der Waals surface area contributed by atoms with Crippen LogP contribution in [0.4, 0.5) is 4.79 Å². The number of carbonyl (C=O) groups is 3. The van der Waals surface area contributed by atoms with Gasteiger partial charge in [0, 0.05) is 19.3 Å². The number of amides is 2. The second kappa shape index (κ2) is 7.87. The normalized spacial score (nSPS) is 17.9. The smallest absolute Gasteiger partial charge is 0.405 e. The number of nitrogens with zero attached hydrogens (tertiary/aromatic N) is 2. The number of nitrogens with one attached hydrogen (secondary N) is 2. The zero-order valence-electron chi connectivity index (χ0n) is 12.3. The summed E-state index contributed by atoms with van der Waals surface area (Å²) in [4.78, 5) is 36.3. The summed E-state index contributed by atoms with van der Waals surface area (Å²) in [6, 6.07) is -1.06. The Kier molecular flexibility index (Phi) is 6.47. The van der Waals surface area contributed by atoms with Crippen molar-refractivity contribution in [3.8, 4) is 0 Å². The van der Waals surface area contributed by atoms with Gasteiger partial charge in [-0.05, 0) is 12.3 Å². The van der Waals surface area contributed by atoms with Crippen molar-refractivity contribution in [2.24, 2.45) is 11.0 Å². The molecule has 0 bridgehead atoms. The molecule has 1 fully saturated rings. The number of thioether (sulfide) groups is 1. The van der Waals surface area contributed by atoms with Gasteiger partial charge in [0.15, 0.2) is 5.17 Å². The molecular weight excluding hydrogens is 296 g/mol. The van der Waals surface area contributed by atoms with Crippen molar-refractivity contribution in [3.63, 3.8) is 0 Å². The van der Waals surface area contributed by atoms with Gasteiger partial charge >= 0.3 is 12.0 Å². The summed E-state index contributed by atoms with van der Waals surface area (Å²) in [6.07, 6.45) is -1.08. The number of carboxylic acid groups (broad SMARTS) is 1. The maximum atomic E-state index is 12.0. The third-order valence-corrected chi connectivity index (χ3v) is 3.83. The minimum Gasteiger partial charge on any atom is -0.465 e. The van der Waals surface area contributed by atoms with E-state index >= 15 is 0 Å². The molecule has 21 heavy (non-hydrogen) atoms. The number of hydrogen-bond acceptors (Lipinski definition) is 5. The first-order valence-electron chi connectivity index (χ1n) is 6.56. The zero-order chi connectivity index (χ0) is 16.0. The Morgan fingerprint density at radius 3 is 2.57 bits per heavy atom. The molecular formula is C12H20N4O4S. The third-order valence-electron chi connectivity index (χ3n) is 2.78. The van der Waals surface area contributed by atoms with Gasteiger partial charge in [0.05, 0.1) is 0 Å². The van der Waals surface area contributed by atoms with Gasteiger partial charge in [-0.15, -0.1) is 5.10 Å². The van der Waals surface area contributed by atoms with E-state index in [4.69, 9.17) is 5.11 Å². The van der Waals surface area contributed by atoms with E-state index in [0.717, 1.165) is 12.3 Å². The van der Waals surface area contributed by atoms with Crippen LogP contribution in [0.5, 0.6) is 0 Å². The quantitative estimate of drug-likeness (QED) is 0.480. The molecule has 0 aromatic heterocycles. The number of hydrazone groups is 1. The van der Waals surface area contributed by atoms with Gasteiger partial charge in [0.2, 0.25) is 5.78 Å². The summed E-state index contributed by atoms with van der Waals surface area (Å²) in [7, 11) is 1.83. The molecule has 2 amide bonds. The summed E-state index contributed by atoms with van der Waals surface area (Å²) in [6.45, 7) is 4.50. The summed E-state index contributed by atoms with van der Waals surface area (Å²) in [5, 5.41) is 15.3. The van der Waals surface area contributed by atoms with Crippen LogP contribution in [0.25, 0.3) is 0 Å². The Labute approximate surface area is 127 Å². The number of ketones is 1. The lowest BCUT2D eigenvalue weighted by Gasteiger charge is -2.16. The first-order valence-corrected chi connectivity index (χ1v) is 7.55. The van der Waals surface area contributed by atoms with E-state index in [1.165, 1.54) is 11.8 Å². The van der Waals surface area contributed by atoms with Gasteiger partial charge in [0.1, 0.15) is 6.04 Å². The van der Waals surface area contributed by atoms with E-state index < -0.39 is 23.8 Å². The lowest BCUT2D eigenvalue weighted by Crippen LogP contribution is -2.47. The predicted octanol–water partition coefficient (Wildman–Crippen LogP) is 0.304. The Balaban J connectivity index is 2.64. The van der Waals surface area contributed by atoms with Gasteiger partial charge < -0.3 is 15.3 Å². The van der Waals surface area contributed by atoms with E-state index in [1.54, 1.807) is 0 Å². The van der Waals surface area contributed by atoms with Crippen molar-refractivity contribution in [2.75, 3.05) is 19.3 Å². The summed E-state index contributed by atoms with van der Waals surface area (Å²) < 4.78 is 0. The molecule has 1 aliphatic heterocycles. The van der Waals surface area contributed by atoms with Crippen LogP contribution >= 0.6 is 11.8 Å². The maximum Gasteiger partial charge on any atom is 0.405 e. The second-order valence-electron chi connectivity index (χ2n) is 5.10. The van der Waals surface area contributed by atoms with Crippen LogP contribution in [-0.2, 0) is 9.59 Å². The zero-order valence-corrected chi connectivity index (χ0v) is 13.1. The van der Waals surface area contributed by atoms with E-state index in [9.17, 15) is 14.4 Å². The lowest BCUT2D eigenvalue weighted by atomic mass is 10.00. The number of amidine groups is 1. The van der Waals surface area contributed by atoms with Crippen molar-refractivity contribution in [2.45, 2.75) is 26.3 Å². The van der Waals surface area contributed by atoms with Gasteiger partial charge in [-0.3, -0.25) is 9.59 Å². The van der Waals surface area contributed by atoms with Gasteiger partial charge in [-0.2, -0.15) is 0 Å². The van der Waals surface area contributed by atoms with Crippen molar-refractivity contribution in [1.82, 2.24) is 15.6 Å². The molecule has 9 heteroatoms. The van der Waals surface area contributed by atoms with E-state index in [-0.39, 0.29) is 12.3 Å². The Morgan fingerprint density at radius 2 is 2.10 bits per heavy atom. The standard InChI is InChI=1S/C12H20N4O4S/c1-7(2)6-8(13-12(19)20)9(17)10(18)14-15-11-16(3)4-5-21-11/h7-8,13H,4-6H2,1-3H3,(H,14,18)(H,19,20). The highest BCUT2D eigenvalue weighted by molar-refractivity contribution is 8.14. The molecule has 1 aliphatic rings. The van der Waals surface area contributed by atoms with Crippen LogP contribution in [0, 0.1) is 5.92 Å². The Bertz CT molecular complexity index is 453. The Morgan fingerprint density at radius 1 is 1.43 bits per heavy atom. The summed E-state index contributed by atoms with van der Waals surface area (Å²) in [5.41, 5.74) is 2.19. The fourth-order valence-corrected chi connectivity index (χ4v) is 2.73. The third kappa shape index (κ3) is 5.62. The molecule has 1 heterocycles. The van der Waals surface area contributed by atoms with Crippen LogP contribution in [0.2, 0.25) is 0 Å². The highest BCUT2D eigenvalue weighted by atomic mass is 32.2. The largest absolute Gasteiger partial charge is 0.465 e. The highest BCUT2D eigenvalue weighted by Gasteiger charge is 2.28. The van der Waals surface area contributed by atoms with Crippen LogP contribution in [0.15, 0.2) is 5.10 Å². The molecule has 1 atom stereocenters. The topological polar surface area (TPSA) is 111 Å². The molecule has 0 radical (unpaired) electrons. The number of hydrogen-bond donors (Lipinski definition) is 3. The minimum atomic E-state index is -1.33. The predicted molar refractivity (Wildman–Crippen MR) is 80.1 cm³/mol. The first kappa shape index (κ1) is 17.3. The second-order valence-corrected chi connectivity index (χ2v) is 6.16. The summed E-state index contributed by atoms with van der Waals surface area (Å²) >= 11 is 1.47. The van der Waals surface area contributed by atoms with Crippen molar-refractivity contribution in [1.29, 1.82) is 0 Å². The molecule has 0 aromatic rings. The number of carbonyl (C=O) groups excluding carboxylic acids is 2. The fourth-order valence-electron chi connectivity index (χ4n) is 1.76. The van der Waals surface area contributed by atoms with Gasteiger partial charge in [-0.25, -0.2) is 10.2 Å². The van der Waals surface area contributed by atoms with Crippen LogP contribution < -0.4 is 10.7 Å². The van der Waals surface area contributed by atoms with E-state index in [2.05, 4.69) is 15.8 Å². The van der Waals surface area contributed by atoms with Crippen molar-refractivity contribution < 1.29 is 19.5 Å². The highest BCUT2D eigenvalue weighted by Crippen LogP contribution is 2.14. The average molecular weight is 316 g/mol. The first-order chi connectivity index (χ1) is 9.81. The van der Waals surface area contributed by atoms with E-state index in [0.29, 0.717) is 5.17 Å². The SMILES string of the molecule is CC(C)CC(NC(=O)O)C(=O)C(=O)NN=C1SCCN1C. The van der Waals surface area contributed by atoms with Gasteiger partial charge in [-0.1, -0.05) is 25.6 Å². The molecule has 0 aliphatic carbocycles. The molecule has 3 N–H and O–H groups in total. The fraction of sp³-hybridized carbons (Fsp3) is 0.667. The molecule has 0 saturated carbocycles. The van der Waals surface area contributed by atoms with E-state index in [1.807, 2.05) is 25.8 Å². The molecule has 1 saturated heterocycles. The van der Waals surface area contributed by atoms with Gasteiger partial charge in [0.25, 0.3) is 0 Å². The molecule has 0 aromatic carbocycles. The molecule has 0 spiro atoms. The number of rotatable bonds is 6. The molecule has 1 rings (SSSR count). The average Bonchev–Trinajstić information content (AvgIpc) is 2.78. The minimum absolute atomic E-state index is 0.0708. The maximum absolute atomic E-state index is 12.0. The Hall–Kier alpha value is -1.77. The monoisotopic (exact) mass is 316 g/mol. The number of Topliss-reactive ketones (excluding diaryl/α,β-unsaturated/α-hetero) is 1. The molecule has 1 unspecified atom stereocenters. The van der Waals surface area contributed by atoms with Crippen LogP contribution in [-0.4, -0.2) is 58.3 Å². The van der Waals surface area contributed by atoms with Crippen LogP contribution in [0.1, 0.15) is 20.3 Å². The van der Waals surface area contributed by atoms with Crippen molar-refractivity contribution >= 4 is 34.7 Å². The summed E-state index contributed by atoms with van der Waals surface area (Å²) in [5.74, 6) is -0.805. The van der Waals surface area contributed by atoms with Crippen molar-refractivity contribution in [3.05, 3.63) is 0 Å². The lowest BCUT2D eigenvalue weighted by molar-refractivity contribution is -0.139.